The second-order valence-corrected chi connectivity index (χ2v) is 5.36. The van der Waals surface area contributed by atoms with Gasteiger partial charge in [-0.25, -0.2) is 0 Å². The molecule has 1 fully saturated rings. The summed E-state index contributed by atoms with van der Waals surface area (Å²) in [5, 5.41) is 9.80. The van der Waals surface area contributed by atoms with Crippen LogP contribution in [-0.4, -0.2) is 59.6 Å². The second-order valence-electron chi connectivity index (χ2n) is 5.36. The summed E-state index contributed by atoms with van der Waals surface area (Å²) in [6.07, 6.45) is 1.58. The number of carbonyl (C=O) groups excluding carboxylic acids is 1. The first-order valence-electron chi connectivity index (χ1n) is 6.61. The van der Waals surface area contributed by atoms with Gasteiger partial charge < -0.3 is 10.0 Å². The van der Waals surface area contributed by atoms with Crippen LogP contribution in [-0.2, 0) is 4.79 Å². The molecule has 0 aromatic carbocycles. The summed E-state index contributed by atoms with van der Waals surface area (Å²) in [6.45, 7) is 8.29. The van der Waals surface area contributed by atoms with E-state index in [1.54, 1.807) is 4.90 Å². The fourth-order valence-corrected chi connectivity index (χ4v) is 2.23. The molecule has 17 heavy (non-hydrogen) atoms. The molecule has 2 atom stereocenters. The number of likely N-dealkylation sites (tertiary alicyclic amines) is 1. The summed E-state index contributed by atoms with van der Waals surface area (Å²) >= 11 is 0. The minimum absolute atomic E-state index is 0.172. The van der Waals surface area contributed by atoms with E-state index in [-0.39, 0.29) is 18.1 Å². The molecule has 0 radical (unpaired) electrons. The minimum atomic E-state index is -0.186. The van der Waals surface area contributed by atoms with Crippen molar-refractivity contribution in [3.05, 3.63) is 0 Å². The van der Waals surface area contributed by atoms with Crippen LogP contribution in [0.25, 0.3) is 0 Å². The van der Waals surface area contributed by atoms with Crippen molar-refractivity contribution in [3.63, 3.8) is 0 Å². The minimum Gasteiger partial charge on any atom is -0.393 e. The molecule has 1 aliphatic heterocycles. The Hall–Kier alpha value is -0.610. The van der Waals surface area contributed by atoms with E-state index >= 15 is 0 Å². The summed E-state index contributed by atoms with van der Waals surface area (Å²) < 4.78 is 0. The Morgan fingerprint density at radius 1 is 1.53 bits per heavy atom. The van der Waals surface area contributed by atoms with Crippen LogP contribution < -0.4 is 0 Å². The molecule has 0 spiro atoms. The molecule has 1 N–H and O–H groups in total. The highest BCUT2D eigenvalue weighted by Gasteiger charge is 2.28. The molecule has 1 saturated heterocycles. The van der Waals surface area contributed by atoms with E-state index in [0.717, 1.165) is 25.9 Å². The third-order valence-electron chi connectivity index (χ3n) is 3.83. The zero-order valence-corrected chi connectivity index (χ0v) is 11.5. The van der Waals surface area contributed by atoms with Crippen LogP contribution in [0.4, 0.5) is 0 Å². The van der Waals surface area contributed by atoms with Crippen molar-refractivity contribution in [2.45, 2.75) is 45.8 Å². The number of nitrogens with zero attached hydrogens (tertiary/aromatic N) is 2. The number of piperidine rings is 1. The molecule has 1 aliphatic rings. The number of amides is 1. The highest BCUT2D eigenvalue weighted by Crippen LogP contribution is 2.19. The van der Waals surface area contributed by atoms with Crippen LogP contribution in [0.2, 0.25) is 0 Å². The largest absolute Gasteiger partial charge is 0.393 e. The summed E-state index contributed by atoms with van der Waals surface area (Å²) in [7, 11) is 1.85. The number of rotatable bonds is 4. The highest BCUT2D eigenvalue weighted by atomic mass is 16.3. The van der Waals surface area contributed by atoms with Crippen molar-refractivity contribution in [1.82, 2.24) is 9.80 Å². The Kier molecular flexibility index (Phi) is 5.40. The van der Waals surface area contributed by atoms with E-state index in [0.29, 0.717) is 12.5 Å². The molecule has 4 nitrogen and oxygen atoms in total. The van der Waals surface area contributed by atoms with Crippen LogP contribution in [0.5, 0.6) is 0 Å². The van der Waals surface area contributed by atoms with Crippen LogP contribution >= 0.6 is 0 Å². The van der Waals surface area contributed by atoms with Gasteiger partial charge in [-0.1, -0.05) is 6.92 Å². The van der Waals surface area contributed by atoms with Gasteiger partial charge >= 0.3 is 0 Å². The number of likely N-dealkylation sites (N-methyl/N-ethyl adjacent to an activating group) is 1. The zero-order valence-electron chi connectivity index (χ0n) is 11.5. The maximum absolute atomic E-state index is 12.0. The molecule has 1 rings (SSSR count). The van der Waals surface area contributed by atoms with Gasteiger partial charge in [0.15, 0.2) is 0 Å². The smallest absolute Gasteiger partial charge is 0.236 e. The lowest BCUT2D eigenvalue weighted by Crippen LogP contribution is -2.48. The standard InChI is InChI=1S/C13H26N2O2/c1-5-11-8-15(7-6-12(11)16)9-13(17)14(4)10(2)3/h10-12,16H,5-9H2,1-4H3. The Morgan fingerprint density at radius 3 is 2.71 bits per heavy atom. The molecule has 0 saturated carbocycles. The van der Waals surface area contributed by atoms with Crippen molar-refractivity contribution < 1.29 is 9.90 Å². The lowest BCUT2D eigenvalue weighted by Gasteiger charge is -2.36. The average molecular weight is 242 g/mol. The molecule has 1 heterocycles. The third kappa shape index (κ3) is 3.96. The summed E-state index contributed by atoms with van der Waals surface area (Å²) in [5.41, 5.74) is 0. The lowest BCUT2D eigenvalue weighted by atomic mass is 9.92. The van der Waals surface area contributed by atoms with Crippen LogP contribution in [0.3, 0.4) is 0 Å². The molecule has 0 aliphatic carbocycles. The van der Waals surface area contributed by atoms with Crippen LogP contribution in [0.15, 0.2) is 0 Å². The molecule has 4 heteroatoms. The lowest BCUT2D eigenvalue weighted by molar-refractivity contribution is -0.133. The predicted octanol–water partition coefficient (Wildman–Crippen LogP) is 0.946. The fraction of sp³-hybridized carbons (Fsp3) is 0.923. The van der Waals surface area contributed by atoms with Gasteiger partial charge in [0.25, 0.3) is 0 Å². The van der Waals surface area contributed by atoms with E-state index in [1.807, 2.05) is 20.9 Å². The van der Waals surface area contributed by atoms with E-state index in [1.165, 1.54) is 0 Å². The molecule has 2 unspecified atom stereocenters. The molecule has 1 amide bonds. The first-order valence-corrected chi connectivity index (χ1v) is 6.61. The monoisotopic (exact) mass is 242 g/mol. The summed E-state index contributed by atoms with van der Waals surface area (Å²) in [5.74, 6) is 0.493. The van der Waals surface area contributed by atoms with Gasteiger partial charge in [0.1, 0.15) is 0 Å². The fourth-order valence-electron chi connectivity index (χ4n) is 2.23. The van der Waals surface area contributed by atoms with Crippen molar-refractivity contribution in [1.29, 1.82) is 0 Å². The van der Waals surface area contributed by atoms with E-state index < -0.39 is 0 Å². The molecular weight excluding hydrogens is 216 g/mol. The van der Waals surface area contributed by atoms with Gasteiger partial charge in [0.2, 0.25) is 5.91 Å². The molecular formula is C13H26N2O2. The average Bonchev–Trinajstić information content (AvgIpc) is 2.30. The van der Waals surface area contributed by atoms with Crippen molar-refractivity contribution in [3.8, 4) is 0 Å². The molecule has 0 aromatic heterocycles. The topological polar surface area (TPSA) is 43.8 Å². The highest BCUT2D eigenvalue weighted by molar-refractivity contribution is 5.78. The quantitative estimate of drug-likeness (QED) is 0.798. The Labute approximate surface area is 105 Å². The van der Waals surface area contributed by atoms with E-state index in [9.17, 15) is 9.90 Å². The van der Waals surface area contributed by atoms with Crippen molar-refractivity contribution >= 4 is 5.91 Å². The SMILES string of the molecule is CCC1CN(CC(=O)N(C)C(C)C)CCC1O. The summed E-state index contributed by atoms with van der Waals surface area (Å²) in [4.78, 5) is 15.9. The number of aliphatic hydroxyl groups is 1. The third-order valence-corrected chi connectivity index (χ3v) is 3.83. The van der Waals surface area contributed by atoms with Gasteiger partial charge in [0.05, 0.1) is 12.6 Å². The van der Waals surface area contributed by atoms with E-state index in [2.05, 4.69) is 11.8 Å². The first-order chi connectivity index (χ1) is 7.95. The maximum Gasteiger partial charge on any atom is 0.236 e. The van der Waals surface area contributed by atoms with Gasteiger partial charge in [-0.3, -0.25) is 9.69 Å². The Bertz CT molecular complexity index is 256. The van der Waals surface area contributed by atoms with Crippen LogP contribution in [0, 0.1) is 5.92 Å². The van der Waals surface area contributed by atoms with Crippen molar-refractivity contribution in [2.75, 3.05) is 26.7 Å². The maximum atomic E-state index is 12.0. The number of hydrogen-bond donors (Lipinski definition) is 1. The van der Waals surface area contributed by atoms with Crippen LogP contribution in [0.1, 0.15) is 33.6 Å². The Morgan fingerprint density at radius 2 is 2.18 bits per heavy atom. The first kappa shape index (κ1) is 14.5. The van der Waals surface area contributed by atoms with E-state index in [4.69, 9.17) is 0 Å². The predicted molar refractivity (Wildman–Crippen MR) is 68.8 cm³/mol. The zero-order chi connectivity index (χ0) is 13.0. The molecule has 0 bridgehead atoms. The van der Waals surface area contributed by atoms with Crippen molar-refractivity contribution in [2.24, 2.45) is 5.92 Å². The molecule has 0 aromatic rings. The Balaban J connectivity index is 2.44. The van der Waals surface area contributed by atoms with Gasteiger partial charge in [-0.2, -0.15) is 0 Å². The molecule has 100 valence electrons. The summed E-state index contributed by atoms with van der Waals surface area (Å²) in [6, 6.07) is 0.250. The number of aliphatic hydroxyl groups excluding tert-OH is 1. The van der Waals surface area contributed by atoms with Gasteiger partial charge in [-0.15, -0.1) is 0 Å². The normalized spacial score (nSPS) is 26.2. The van der Waals surface area contributed by atoms with Gasteiger partial charge in [0, 0.05) is 26.2 Å². The van der Waals surface area contributed by atoms with Gasteiger partial charge in [-0.05, 0) is 32.6 Å². The second kappa shape index (κ2) is 6.36. The number of carbonyl (C=O) groups is 1. The number of hydrogen-bond acceptors (Lipinski definition) is 3.